The summed E-state index contributed by atoms with van der Waals surface area (Å²) in [5.74, 6) is -1.08. The number of hydrogen-bond donors (Lipinski definition) is 1. The minimum atomic E-state index is -0.967. The van der Waals surface area contributed by atoms with Gasteiger partial charge in [-0.2, -0.15) is 0 Å². The summed E-state index contributed by atoms with van der Waals surface area (Å²) >= 11 is 0. The average molecular weight is 291 g/mol. The Balaban J connectivity index is 2.71. The minimum absolute atomic E-state index is 0.0641. The van der Waals surface area contributed by atoms with Crippen LogP contribution in [0.1, 0.15) is 39.2 Å². The summed E-state index contributed by atoms with van der Waals surface area (Å²) in [6, 6.07) is 8.56. The smallest absolute Gasteiger partial charge is 0.326 e. The molecule has 0 saturated heterocycles. The van der Waals surface area contributed by atoms with E-state index >= 15 is 0 Å². The average Bonchev–Trinajstić information content (AvgIpc) is 2.41. The number of aliphatic carboxylic acids is 1. The molecule has 116 valence electrons. The van der Waals surface area contributed by atoms with Crippen molar-refractivity contribution in [3.8, 4) is 0 Å². The zero-order valence-electron chi connectivity index (χ0n) is 13.3. The fourth-order valence-electron chi connectivity index (χ4n) is 2.06. The van der Waals surface area contributed by atoms with E-state index in [1.807, 2.05) is 30.3 Å². The quantitative estimate of drug-likeness (QED) is 0.876. The zero-order chi connectivity index (χ0) is 16.0. The molecule has 0 spiro atoms. The van der Waals surface area contributed by atoms with Gasteiger partial charge in [0.15, 0.2) is 0 Å². The van der Waals surface area contributed by atoms with Crippen LogP contribution in [0.15, 0.2) is 30.3 Å². The molecule has 0 fully saturated rings. The van der Waals surface area contributed by atoms with Gasteiger partial charge in [-0.1, -0.05) is 51.1 Å². The third-order valence-electron chi connectivity index (χ3n) is 3.51. The van der Waals surface area contributed by atoms with E-state index in [1.54, 1.807) is 7.05 Å². The van der Waals surface area contributed by atoms with Gasteiger partial charge < -0.3 is 10.0 Å². The van der Waals surface area contributed by atoms with Crippen molar-refractivity contribution in [1.82, 2.24) is 4.90 Å². The molecule has 4 nitrogen and oxygen atoms in total. The van der Waals surface area contributed by atoms with Gasteiger partial charge in [0.25, 0.3) is 0 Å². The number of carbonyl (C=O) groups excluding carboxylic acids is 1. The van der Waals surface area contributed by atoms with Crippen LogP contribution >= 0.6 is 0 Å². The van der Waals surface area contributed by atoms with E-state index in [0.717, 1.165) is 12.0 Å². The predicted octanol–water partition coefficient (Wildman–Crippen LogP) is 2.97. The maximum absolute atomic E-state index is 12.2. The summed E-state index contributed by atoms with van der Waals surface area (Å²) in [6.45, 7) is 6.21. The molecule has 0 aliphatic carbocycles. The van der Waals surface area contributed by atoms with Gasteiger partial charge in [0.2, 0.25) is 5.91 Å². The summed E-state index contributed by atoms with van der Waals surface area (Å²) in [5, 5.41) is 9.39. The molecule has 1 amide bonds. The molecular formula is C17H25NO3. The van der Waals surface area contributed by atoms with Crippen molar-refractivity contribution >= 4 is 11.9 Å². The Kier molecular flexibility index (Phi) is 5.94. The number of carboxylic acid groups (broad SMARTS) is 1. The van der Waals surface area contributed by atoms with E-state index in [1.165, 1.54) is 4.90 Å². The van der Waals surface area contributed by atoms with Crippen LogP contribution in [0.2, 0.25) is 0 Å². The highest BCUT2D eigenvalue weighted by Crippen LogP contribution is 2.21. The summed E-state index contributed by atoms with van der Waals surface area (Å²) in [5.41, 5.74) is 0.981. The molecule has 1 unspecified atom stereocenters. The number of carbonyl (C=O) groups is 2. The van der Waals surface area contributed by atoms with Crippen LogP contribution in [0.4, 0.5) is 0 Å². The maximum Gasteiger partial charge on any atom is 0.326 e. The SMILES string of the molecule is CN(C(=O)CCC(C)(C)C)C(Cc1ccccc1)C(=O)O. The lowest BCUT2D eigenvalue weighted by Gasteiger charge is -2.26. The van der Waals surface area contributed by atoms with Gasteiger partial charge in [0.1, 0.15) is 6.04 Å². The number of likely N-dealkylation sites (N-methyl/N-ethyl adjacent to an activating group) is 1. The van der Waals surface area contributed by atoms with Gasteiger partial charge in [0.05, 0.1) is 0 Å². The van der Waals surface area contributed by atoms with E-state index in [4.69, 9.17) is 0 Å². The molecule has 21 heavy (non-hydrogen) atoms. The van der Waals surface area contributed by atoms with Crippen LogP contribution in [0.3, 0.4) is 0 Å². The van der Waals surface area contributed by atoms with Crippen molar-refractivity contribution < 1.29 is 14.7 Å². The molecule has 0 saturated carbocycles. The van der Waals surface area contributed by atoms with E-state index in [-0.39, 0.29) is 11.3 Å². The second kappa shape index (κ2) is 7.25. The van der Waals surface area contributed by atoms with Crippen molar-refractivity contribution in [2.24, 2.45) is 5.41 Å². The highest BCUT2D eigenvalue weighted by atomic mass is 16.4. The molecule has 1 N–H and O–H groups in total. The van der Waals surface area contributed by atoms with Gasteiger partial charge in [-0.15, -0.1) is 0 Å². The first-order valence-electron chi connectivity index (χ1n) is 7.23. The van der Waals surface area contributed by atoms with E-state index in [2.05, 4.69) is 20.8 Å². The van der Waals surface area contributed by atoms with Crippen molar-refractivity contribution in [2.45, 2.75) is 46.1 Å². The maximum atomic E-state index is 12.2. The van der Waals surface area contributed by atoms with E-state index in [9.17, 15) is 14.7 Å². The molecular weight excluding hydrogens is 266 g/mol. The van der Waals surface area contributed by atoms with Crippen LogP contribution in [-0.4, -0.2) is 35.0 Å². The van der Waals surface area contributed by atoms with Crippen LogP contribution in [0, 0.1) is 5.41 Å². The van der Waals surface area contributed by atoms with Crippen LogP contribution in [0.25, 0.3) is 0 Å². The van der Waals surface area contributed by atoms with Crippen molar-refractivity contribution in [1.29, 1.82) is 0 Å². The lowest BCUT2D eigenvalue weighted by molar-refractivity contribution is -0.149. The molecule has 0 aliphatic heterocycles. The molecule has 0 radical (unpaired) electrons. The molecule has 1 aromatic carbocycles. The Labute approximate surface area is 126 Å². The Morgan fingerprint density at radius 1 is 1.19 bits per heavy atom. The van der Waals surface area contributed by atoms with Gasteiger partial charge in [0, 0.05) is 19.9 Å². The Hall–Kier alpha value is -1.84. The number of hydrogen-bond acceptors (Lipinski definition) is 2. The summed E-state index contributed by atoms with van der Waals surface area (Å²) < 4.78 is 0. The second-order valence-corrected chi connectivity index (χ2v) is 6.61. The van der Waals surface area contributed by atoms with Crippen LogP contribution in [-0.2, 0) is 16.0 Å². The summed E-state index contributed by atoms with van der Waals surface area (Å²) in [4.78, 5) is 25.0. The molecule has 0 bridgehead atoms. The second-order valence-electron chi connectivity index (χ2n) is 6.61. The minimum Gasteiger partial charge on any atom is -0.480 e. The molecule has 0 aromatic heterocycles. The Morgan fingerprint density at radius 3 is 2.24 bits per heavy atom. The molecule has 1 rings (SSSR count). The fraction of sp³-hybridized carbons (Fsp3) is 0.529. The van der Waals surface area contributed by atoms with Crippen LogP contribution in [0.5, 0.6) is 0 Å². The number of amides is 1. The Bertz CT molecular complexity index is 477. The molecule has 1 atom stereocenters. The topological polar surface area (TPSA) is 57.6 Å². The van der Waals surface area contributed by atoms with Gasteiger partial charge in [-0.25, -0.2) is 4.79 Å². The van der Waals surface area contributed by atoms with Crippen molar-refractivity contribution in [3.63, 3.8) is 0 Å². The number of nitrogens with zero attached hydrogens (tertiary/aromatic N) is 1. The highest BCUT2D eigenvalue weighted by Gasteiger charge is 2.27. The Morgan fingerprint density at radius 2 is 1.76 bits per heavy atom. The summed E-state index contributed by atoms with van der Waals surface area (Å²) in [6.07, 6.45) is 1.44. The van der Waals surface area contributed by atoms with Gasteiger partial charge >= 0.3 is 5.97 Å². The first kappa shape index (κ1) is 17.2. The van der Waals surface area contributed by atoms with Crippen LogP contribution < -0.4 is 0 Å². The standard InChI is InChI=1S/C17H25NO3/c1-17(2,3)11-10-15(19)18(4)14(16(20)21)12-13-8-6-5-7-9-13/h5-9,14H,10-12H2,1-4H3,(H,20,21). The fourth-order valence-corrected chi connectivity index (χ4v) is 2.06. The van der Waals surface area contributed by atoms with Crippen molar-refractivity contribution in [3.05, 3.63) is 35.9 Å². The van der Waals surface area contributed by atoms with Gasteiger partial charge in [-0.3, -0.25) is 4.79 Å². The first-order chi connectivity index (χ1) is 9.70. The zero-order valence-corrected chi connectivity index (χ0v) is 13.3. The normalized spacial score (nSPS) is 12.8. The summed E-state index contributed by atoms with van der Waals surface area (Å²) in [7, 11) is 1.58. The first-order valence-corrected chi connectivity index (χ1v) is 7.23. The lowest BCUT2D eigenvalue weighted by atomic mass is 9.90. The van der Waals surface area contributed by atoms with E-state index in [0.29, 0.717) is 12.8 Å². The molecule has 0 aliphatic rings. The van der Waals surface area contributed by atoms with Gasteiger partial charge in [-0.05, 0) is 17.4 Å². The monoisotopic (exact) mass is 291 g/mol. The third-order valence-corrected chi connectivity index (χ3v) is 3.51. The number of carboxylic acids is 1. The lowest BCUT2D eigenvalue weighted by Crippen LogP contribution is -2.44. The van der Waals surface area contributed by atoms with Crippen molar-refractivity contribution in [2.75, 3.05) is 7.05 Å². The largest absolute Gasteiger partial charge is 0.480 e. The third kappa shape index (κ3) is 5.98. The van der Waals surface area contributed by atoms with E-state index < -0.39 is 12.0 Å². The molecule has 4 heteroatoms. The molecule has 1 aromatic rings. The molecule has 0 heterocycles. The number of rotatable bonds is 6. The highest BCUT2D eigenvalue weighted by molar-refractivity contribution is 5.83. The predicted molar refractivity (Wildman–Crippen MR) is 83.0 cm³/mol. The number of benzene rings is 1.